The first-order chi connectivity index (χ1) is 13.1. The molecule has 0 aromatic carbocycles. The van der Waals surface area contributed by atoms with Crippen LogP contribution in [-0.2, 0) is 20.9 Å². The molecule has 27 heavy (non-hydrogen) atoms. The number of carbonyl (C=O) groups is 2. The molecule has 0 radical (unpaired) electrons. The fraction of sp³-hybridized carbons (Fsp3) is 0.476. The summed E-state index contributed by atoms with van der Waals surface area (Å²) in [5.41, 5.74) is 1.66. The lowest BCUT2D eigenvalue weighted by Crippen LogP contribution is -2.47. The van der Waals surface area contributed by atoms with E-state index in [1.165, 1.54) is 5.57 Å². The van der Waals surface area contributed by atoms with Crippen molar-refractivity contribution in [2.45, 2.75) is 31.6 Å². The molecular formula is C21H23N3O3. The molecule has 1 aromatic rings. The standard InChI is InChI=1S/C21H23N3O3/c1-14-5-9-23(10-6-14)19(25)17-16-4-7-21(27-16)13-24(20(26)18(17)21)12-15-3-2-8-22-11-15/h2-5,7-8,11,16-18H,6,9-10,12-13H2,1H3/t16-,17?,18?,21-/m1/s1. The molecule has 6 heteroatoms. The predicted molar refractivity (Wildman–Crippen MR) is 98.3 cm³/mol. The van der Waals surface area contributed by atoms with E-state index in [0.717, 1.165) is 18.5 Å². The van der Waals surface area contributed by atoms with Crippen molar-refractivity contribution in [2.75, 3.05) is 19.6 Å². The van der Waals surface area contributed by atoms with E-state index in [1.54, 1.807) is 12.4 Å². The van der Waals surface area contributed by atoms with Crippen LogP contribution >= 0.6 is 0 Å². The van der Waals surface area contributed by atoms with Crippen LogP contribution in [0.3, 0.4) is 0 Å². The number of hydrogen-bond acceptors (Lipinski definition) is 4. The highest BCUT2D eigenvalue weighted by atomic mass is 16.5. The SMILES string of the molecule is CC1=CCN(C(=O)C2C3C(=O)N(Cc4cccnc4)C[C@]34C=C[C@H]2O4)CC1. The van der Waals surface area contributed by atoms with Crippen molar-refractivity contribution in [1.29, 1.82) is 0 Å². The monoisotopic (exact) mass is 365 g/mol. The molecule has 4 aliphatic heterocycles. The van der Waals surface area contributed by atoms with Gasteiger partial charge in [0.2, 0.25) is 11.8 Å². The second-order valence-corrected chi connectivity index (χ2v) is 8.04. The average Bonchev–Trinajstić information content (AvgIpc) is 3.31. The Morgan fingerprint density at radius 3 is 3.07 bits per heavy atom. The van der Waals surface area contributed by atoms with Crippen LogP contribution in [0.2, 0.25) is 0 Å². The van der Waals surface area contributed by atoms with Crippen LogP contribution in [-0.4, -0.2) is 57.9 Å². The summed E-state index contributed by atoms with van der Waals surface area (Å²) in [5, 5.41) is 0. The van der Waals surface area contributed by atoms with E-state index < -0.39 is 17.4 Å². The van der Waals surface area contributed by atoms with Crippen LogP contribution in [0.4, 0.5) is 0 Å². The molecular weight excluding hydrogens is 342 g/mol. The second-order valence-electron chi connectivity index (χ2n) is 8.04. The maximum atomic E-state index is 13.2. The van der Waals surface area contributed by atoms with Crippen LogP contribution in [0.15, 0.2) is 48.3 Å². The van der Waals surface area contributed by atoms with Gasteiger partial charge in [-0.15, -0.1) is 0 Å². The Kier molecular flexibility index (Phi) is 3.72. The highest BCUT2D eigenvalue weighted by Crippen LogP contribution is 2.52. The van der Waals surface area contributed by atoms with Crippen LogP contribution in [0, 0.1) is 11.8 Å². The van der Waals surface area contributed by atoms with Gasteiger partial charge in [0.1, 0.15) is 5.60 Å². The van der Waals surface area contributed by atoms with E-state index in [2.05, 4.69) is 18.0 Å². The van der Waals surface area contributed by atoms with Gasteiger partial charge in [-0.1, -0.05) is 29.9 Å². The first-order valence-electron chi connectivity index (χ1n) is 9.57. The Morgan fingerprint density at radius 1 is 1.44 bits per heavy atom. The highest BCUT2D eigenvalue weighted by Gasteiger charge is 2.67. The van der Waals surface area contributed by atoms with Crippen molar-refractivity contribution in [1.82, 2.24) is 14.8 Å². The molecule has 1 aromatic heterocycles. The molecule has 0 aliphatic carbocycles. The Bertz CT molecular complexity index is 849. The first-order valence-corrected chi connectivity index (χ1v) is 9.57. The maximum absolute atomic E-state index is 13.2. The number of nitrogens with zero attached hydrogens (tertiary/aromatic N) is 3. The highest BCUT2D eigenvalue weighted by molar-refractivity contribution is 5.93. The minimum absolute atomic E-state index is 0.0211. The van der Waals surface area contributed by atoms with Gasteiger partial charge in [0.05, 0.1) is 24.5 Å². The van der Waals surface area contributed by atoms with Crippen molar-refractivity contribution in [2.24, 2.45) is 11.8 Å². The topological polar surface area (TPSA) is 62.7 Å². The van der Waals surface area contributed by atoms with E-state index in [9.17, 15) is 9.59 Å². The average molecular weight is 365 g/mol. The third kappa shape index (κ3) is 2.54. The molecule has 5 rings (SSSR count). The fourth-order valence-corrected chi connectivity index (χ4v) is 4.89. The molecule has 1 spiro atoms. The third-order valence-corrected chi connectivity index (χ3v) is 6.31. The molecule has 4 atom stereocenters. The van der Waals surface area contributed by atoms with Gasteiger partial charge in [0.25, 0.3) is 0 Å². The molecule has 2 saturated heterocycles. The van der Waals surface area contributed by atoms with Gasteiger partial charge in [-0.3, -0.25) is 14.6 Å². The van der Waals surface area contributed by atoms with E-state index >= 15 is 0 Å². The Labute approximate surface area is 158 Å². The van der Waals surface area contributed by atoms with Gasteiger partial charge < -0.3 is 14.5 Å². The molecule has 0 N–H and O–H groups in total. The number of fused-ring (bicyclic) bond motifs is 1. The van der Waals surface area contributed by atoms with E-state index in [-0.39, 0.29) is 17.9 Å². The molecule has 6 nitrogen and oxygen atoms in total. The minimum atomic E-state index is -0.647. The smallest absolute Gasteiger partial charge is 0.230 e. The number of pyridine rings is 1. The van der Waals surface area contributed by atoms with Crippen molar-refractivity contribution in [3.05, 3.63) is 53.9 Å². The lowest BCUT2D eigenvalue weighted by molar-refractivity contribution is -0.143. The first kappa shape index (κ1) is 16.7. The van der Waals surface area contributed by atoms with Gasteiger partial charge in [0.15, 0.2) is 0 Å². The molecule has 2 bridgehead atoms. The maximum Gasteiger partial charge on any atom is 0.230 e. The zero-order valence-electron chi connectivity index (χ0n) is 15.4. The van der Waals surface area contributed by atoms with Crippen molar-refractivity contribution >= 4 is 11.8 Å². The fourth-order valence-electron chi connectivity index (χ4n) is 4.89. The third-order valence-electron chi connectivity index (χ3n) is 6.31. The minimum Gasteiger partial charge on any atom is -0.360 e. The largest absolute Gasteiger partial charge is 0.360 e. The Balaban J connectivity index is 1.39. The quantitative estimate of drug-likeness (QED) is 0.763. The lowest BCUT2D eigenvalue weighted by atomic mass is 9.76. The number of amides is 2. The number of hydrogen-bond donors (Lipinski definition) is 0. The summed E-state index contributed by atoms with van der Waals surface area (Å²) in [5.74, 6) is -0.749. The summed E-state index contributed by atoms with van der Waals surface area (Å²) < 4.78 is 6.22. The van der Waals surface area contributed by atoms with Gasteiger partial charge in [-0.05, 0) is 25.0 Å². The van der Waals surface area contributed by atoms with Crippen molar-refractivity contribution < 1.29 is 14.3 Å². The molecule has 2 unspecified atom stereocenters. The normalized spacial score (nSPS) is 34.2. The van der Waals surface area contributed by atoms with Gasteiger partial charge in [-0.25, -0.2) is 0 Å². The number of rotatable bonds is 3. The summed E-state index contributed by atoms with van der Waals surface area (Å²) >= 11 is 0. The van der Waals surface area contributed by atoms with E-state index in [0.29, 0.717) is 19.6 Å². The zero-order chi connectivity index (χ0) is 18.6. The Hall–Kier alpha value is -2.47. The molecule has 140 valence electrons. The molecule has 0 saturated carbocycles. The second kappa shape index (κ2) is 6.02. The van der Waals surface area contributed by atoms with Gasteiger partial charge >= 0.3 is 0 Å². The molecule has 4 aliphatic rings. The summed E-state index contributed by atoms with van der Waals surface area (Å²) in [6, 6.07) is 3.83. The summed E-state index contributed by atoms with van der Waals surface area (Å²) in [7, 11) is 0. The van der Waals surface area contributed by atoms with Gasteiger partial charge in [-0.2, -0.15) is 0 Å². The number of carbonyl (C=O) groups excluding carboxylic acids is 2. The lowest BCUT2D eigenvalue weighted by Gasteiger charge is -2.31. The zero-order valence-corrected chi connectivity index (χ0v) is 15.4. The molecule has 2 fully saturated rings. The van der Waals surface area contributed by atoms with Crippen molar-refractivity contribution in [3.63, 3.8) is 0 Å². The van der Waals surface area contributed by atoms with E-state index in [1.807, 2.05) is 34.1 Å². The number of ether oxygens (including phenoxy) is 1. The van der Waals surface area contributed by atoms with Gasteiger partial charge in [0, 0.05) is 32.0 Å². The van der Waals surface area contributed by atoms with Crippen LogP contribution in [0.1, 0.15) is 18.9 Å². The molecule has 2 amide bonds. The summed E-state index contributed by atoms with van der Waals surface area (Å²) in [4.78, 5) is 34.3. The van der Waals surface area contributed by atoms with E-state index in [4.69, 9.17) is 4.74 Å². The van der Waals surface area contributed by atoms with Crippen LogP contribution in [0.25, 0.3) is 0 Å². The summed E-state index contributed by atoms with van der Waals surface area (Å²) in [6.45, 7) is 4.45. The number of likely N-dealkylation sites (tertiary alicyclic amines) is 1. The van der Waals surface area contributed by atoms with Crippen LogP contribution < -0.4 is 0 Å². The number of aromatic nitrogens is 1. The van der Waals surface area contributed by atoms with Crippen molar-refractivity contribution in [3.8, 4) is 0 Å². The molecule has 5 heterocycles. The Morgan fingerprint density at radius 2 is 2.33 bits per heavy atom. The van der Waals surface area contributed by atoms with Crippen LogP contribution in [0.5, 0.6) is 0 Å². The predicted octanol–water partition coefficient (Wildman–Crippen LogP) is 1.54. The summed E-state index contributed by atoms with van der Waals surface area (Å²) in [6.07, 6.45) is 10.2.